The predicted octanol–water partition coefficient (Wildman–Crippen LogP) is 2.64. The Kier molecular flexibility index (Phi) is 5.44. The first-order valence-corrected chi connectivity index (χ1v) is 9.25. The molecule has 1 amide bonds. The molecule has 0 N–H and O–H groups in total. The van der Waals surface area contributed by atoms with Gasteiger partial charge >= 0.3 is 0 Å². The van der Waals surface area contributed by atoms with Crippen LogP contribution in [-0.2, 0) is 16.0 Å². The third-order valence-electron chi connectivity index (χ3n) is 5.66. The van der Waals surface area contributed by atoms with Gasteiger partial charge in [0.15, 0.2) is 0 Å². The van der Waals surface area contributed by atoms with Gasteiger partial charge in [-0.3, -0.25) is 9.69 Å². The van der Waals surface area contributed by atoms with E-state index < -0.39 is 5.54 Å². The smallest absolute Gasteiger partial charge is 0.242 e. The van der Waals surface area contributed by atoms with Crippen molar-refractivity contribution >= 4 is 5.91 Å². The Morgan fingerprint density at radius 2 is 2.00 bits per heavy atom. The van der Waals surface area contributed by atoms with Crippen LogP contribution in [0.3, 0.4) is 0 Å². The number of amides is 1. The summed E-state index contributed by atoms with van der Waals surface area (Å²) in [5.41, 5.74) is 1.21. The summed E-state index contributed by atoms with van der Waals surface area (Å²) in [5, 5.41) is 0. The largest absolute Gasteiger partial charge is 0.379 e. The molecule has 0 aliphatic carbocycles. The first kappa shape index (κ1) is 18.3. The third-order valence-corrected chi connectivity index (χ3v) is 5.66. The van der Waals surface area contributed by atoms with Crippen LogP contribution >= 0.6 is 0 Å². The Morgan fingerprint density at radius 1 is 1.28 bits per heavy atom. The Morgan fingerprint density at radius 3 is 2.68 bits per heavy atom. The molecule has 3 rings (SSSR count). The van der Waals surface area contributed by atoms with E-state index >= 15 is 0 Å². The van der Waals surface area contributed by atoms with Gasteiger partial charge in [0.25, 0.3) is 0 Å². The standard InChI is InChI=1S/C20H29FN2O2/c1-15-4-5-16(13-18(15)21)12-17-6-7-22(14-17)19(24)20(2,3)23-8-10-25-11-9-23/h4-5,13,17H,6-12,14H2,1-3H3. The lowest BCUT2D eigenvalue weighted by molar-refractivity contribution is -0.144. The predicted molar refractivity (Wildman–Crippen MR) is 96.0 cm³/mol. The van der Waals surface area contributed by atoms with Crippen molar-refractivity contribution in [1.82, 2.24) is 9.80 Å². The molecule has 5 heteroatoms. The zero-order valence-electron chi connectivity index (χ0n) is 15.6. The van der Waals surface area contributed by atoms with Crippen molar-refractivity contribution in [3.05, 3.63) is 35.1 Å². The number of carbonyl (C=O) groups excluding carboxylic acids is 1. The molecule has 0 radical (unpaired) electrons. The van der Waals surface area contributed by atoms with E-state index in [4.69, 9.17) is 4.74 Å². The molecule has 1 atom stereocenters. The van der Waals surface area contributed by atoms with Gasteiger partial charge in [0.2, 0.25) is 5.91 Å². The number of hydrogen-bond donors (Lipinski definition) is 0. The maximum atomic E-state index is 13.7. The number of hydrogen-bond acceptors (Lipinski definition) is 3. The van der Waals surface area contributed by atoms with E-state index in [9.17, 15) is 9.18 Å². The molecule has 25 heavy (non-hydrogen) atoms. The van der Waals surface area contributed by atoms with Gasteiger partial charge in [-0.2, -0.15) is 0 Å². The molecule has 0 spiro atoms. The highest BCUT2D eigenvalue weighted by atomic mass is 19.1. The van der Waals surface area contributed by atoms with Gasteiger partial charge < -0.3 is 9.64 Å². The fourth-order valence-corrected chi connectivity index (χ4v) is 3.92. The van der Waals surface area contributed by atoms with Gasteiger partial charge in [-0.05, 0) is 56.7 Å². The van der Waals surface area contributed by atoms with E-state index in [1.54, 1.807) is 13.0 Å². The minimum Gasteiger partial charge on any atom is -0.379 e. The monoisotopic (exact) mass is 348 g/mol. The molecule has 1 aromatic rings. The SMILES string of the molecule is Cc1ccc(CC2CCN(C(=O)C(C)(C)N3CCOCC3)C2)cc1F. The van der Waals surface area contributed by atoms with E-state index in [0.717, 1.165) is 44.6 Å². The van der Waals surface area contributed by atoms with Crippen molar-refractivity contribution in [2.45, 2.75) is 39.2 Å². The highest BCUT2D eigenvalue weighted by Gasteiger charge is 2.40. The number of carbonyl (C=O) groups is 1. The Balaban J connectivity index is 1.59. The van der Waals surface area contributed by atoms with Crippen molar-refractivity contribution in [1.29, 1.82) is 0 Å². The van der Waals surface area contributed by atoms with Crippen molar-refractivity contribution in [3.63, 3.8) is 0 Å². The number of nitrogens with zero attached hydrogens (tertiary/aromatic N) is 2. The third kappa shape index (κ3) is 4.04. The van der Waals surface area contributed by atoms with E-state index in [-0.39, 0.29) is 11.7 Å². The number of ether oxygens (including phenoxy) is 1. The van der Waals surface area contributed by atoms with Crippen LogP contribution in [0, 0.1) is 18.7 Å². The fourth-order valence-electron chi connectivity index (χ4n) is 3.92. The molecule has 4 nitrogen and oxygen atoms in total. The van der Waals surface area contributed by atoms with Gasteiger partial charge in [-0.25, -0.2) is 4.39 Å². The number of likely N-dealkylation sites (tertiary alicyclic amines) is 1. The topological polar surface area (TPSA) is 32.8 Å². The summed E-state index contributed by atoms with van der Waals surface area (Å²) in [4.78, 5) is 17.3. The molecule has 0 aromatic heterocycles. The molecule has 0 saturated carbocycles. The molecule has 1 aromatic carbocycles. The summed E-state index contributed by atoms with van der Waals surface area (Å²) in [6.07, 6.45) is 1.82. The molecule has 2 saturated heterocycles. The van der Waals surface area contributed by atoms with Crippen molar-refractivity contribution < 1.29 is 13.9 Å². The second kappa shape index (κ2) is 7.42. The highest BCUT2D eigenvalue weighted by Crippen LogP contribution is 2.26. The van der Waals surface area contributed by atoms with Crippen LogP contribution in [0.2, 0.25) is 0 Å². The first-order chi connectivity index (χ1) is 11.9. The van der Waals surface area contributed by atoms with Crippen LogP contribution in [0.5, 0.6) is 0 Å². The van der Waals surface area contributed by atoms with Crippen molar-refractivity contribution in [2.24, 2.45) is 5.92 Å². The second-order valence-corrected chi connectivity index (χ2v) is 7.85. The maximum absolute atomic E-state index is 13.7. The Labute approximate surface area is 149 Å². The molecule has 0 bridgehead atoms. The van der Waals surface area contributed by atoms with Gasteiger partial charge in [-0.15, -0.1) is 0 Å². The normalized spacial score (nSPS) is 22.4. The van der Waals surface area contributed by atoms with Crippen molar-refractivity contribution in [3.8, 4) is 0 Å². The van der Waals surface area contributed by atoms with Gasteiger partial charge in [0.1, 0.15) is 5.82 Å². The van der Waals surface area contributed by atoms with E-state index in [2.05, 4.69) is 4.90 Å². The number of halogens is 1. The lowest BCUT2D eigenvalue weighted by atomic mass is 9.97. The first-order valence-electron chi connectivity index (χ1n) is 9.25. The van der Waals surface area contributed by atoms with Crippen LogP contribution in [0.25, 0.3) is 0 Å². The molecular formula is C20H29FN2O2. The minimum atomic E-state index is -0.491. The zero-order chi connectivity index (χ0) is 18.0. The Hall–Kier alpha value is -1.46. The Bertz CT molecular complexity index is 626. The van der Waals surface area contributed by atoms with E-state index in [0.29, 0.717) is 24.7 Å². The molecule has 138 valence electrons. The highest BCUT2D eigenvalue weighted by molar-refractivity contribution is 5.85. The van der Waals surface area contributed by atoms with Crippen LogP contribution in [0.1, 0.15) is 31.4 Å². The number of morpholine rings is 1. The van der Waals surface area contributed by atoms with Gasteiger partial charge in [-0.1, -0.05) is 12.1 Å². The van der Waals surface area contributed by atoms with E-state index in [1.807, 2.05) is 30.9 Å². The molecule has 2 aliphatic rings. The summed E-state index contributed by atoms with van der Waals surface area (Å²) in [5.74, 6) is 0.468. The van der Waals surface area contributed by atoms with Crippen LogP contribution in [0.15, 0.2) is 18.2 Å². The zero-order valence-corrected chi connectivity index (χ0v) is 15.6. The average Bonchev–Trinajstić information content (AvgIpc) is 3.06. The molecule has 2 fully saturated rings. The minimum absolute atomic E-state index is 0.142. The molecule has 2 heterocycles. The fraction of sp³-hybridized carbons (Fsp3) is 0.650. The number of benzene rings is 1. The summed E-state index contributed by atoms with van der Waals surface area (Å²) < 4.78 is 19.1. The summed E-state index contributed by atoms with van der Waals surface area (Å²) in [7, 11) is 0. The maximum Gasteiger partial charge on any atom is 0.242 e. The summed E-state index contributed by atoms with van der Waals surface area (Å²) in [6.45, 7) is 10.4. The molecule has 1 unspecified atom stereocenters. The van der Waals surface area contributed by atoms with Gasteiger partial charge in [0, 0.05) is 26.2 Å². The number of rotatable bonds is 4. The molecular weight excluding hydrogens is 319 g/mol. The van der Waals surface area contributed by atoms with Crippen LogP contribution in [-0.4, -0.2) is 60.6 Å². The summed E-state index contributed by atoms with van der Waals surface area (Å²) >= 11 is 0. The summed E-state index contributed by atoms with van der Waals surface area (Å²) in [6, 6.07) is 5.47. The quantitative estimate of drug-likeness (QED) is 0.839. The van der Waals surface area contributed by atoms with Crippen molar-refractivity contribution in [2.75, 3.05) is 39.4 Å². The van der Waals surface area contributed by atoms with E-state index in [1.165, 1.54) is 0 Å². The second-order valence-electron chi connectivity index (χ2n) is 7.85. The van der Waals surface area contributed by atoms with Gasteiger partial charge in [0.05, 0.1) is 18.8 Å². The number of aryl methyl sites for hydroxylation is 1. The van der Waals surface area contributed by atoms with Crippen LogP contribution < -0.4 is 0 Å². The lowest BCUT2D eigenvalue weighted by Gasteiger charge is -2.41. The average molecular weight is 348 g/mol. The molecule has 2 aliphatic heterocycles. The lowest BCUT2D eigenvalue weighted by Crippen LogP contribution is -2.58. The van der Waals surface area contributed by atoms with Crippen LogP contribution in [0.4, 0.5) is 4.39 Å².